The molecule has 0 radical (unpaired) electrons. The quantitative estimate of drug-likeness (QED) is 0.501. The van der Waals surface area contributed by atoms with E-state index in [1.165, 1.54) is 6.92 Å². The largest absolute Gasteiger partial charge is 0.455 e. The Balaban J connectivity index is 2.14. The number of epoxide rings is 1. The minimum atomic E-state index is -0.422. The minimum absolute atomic E-state index is 0.0756. The zero-order chi connectivity index (χ0) is 9.59. The number of Topliss-reactive ketones (excluding diaryl/α,β-unsaturated/α-hetero) is 1. The van der Waals surface area contributed by atoms with E-state index in [2.05, 4.69) is 15.9 Å². The van der Waals surface area contributed by atoms with E-state index < -0.39 is 12.2 Å². The van der Waals surface area contributed by atoms with Gasteiger partial charge < -0.3 is 9.47 Å². The van der Waals surface area contributed by atoms with Crippen molar-refractivity contribution < 1.29 is 19.1 Å². The van der Waals surface area contributed by atoms with Crippen molar-refractivity contribution in [3.63, 3.8) is 0 Å². The maximum absolute atomic E-state index is 11.2. The highest BCUT2D eigenvalue weighted by Crippen LogP contribution is 2.37. The van der Waals surface area contributed by atoms with Crippen molar-refractivity contribution in [1.82, 2.24) is 0 Å². The fourth-order valence-corrected chi connectivity index (χ4v) is 1.82. The number of carbonyl (C=O) groups is 2. The summed E-state index contributed by atoms with van der Waals surface area (Å²) < 4.78 is 10.4. The van der Waals surface area contributed by atoms with E-state index in [4.69, 9.17) is 9.47 Å². The molecule has 1 heterocycles. The topological polar surface area (TPSA) is 55.9 Å². The van der Waals surface area contributed by atoms with E-state index in [0.717, 1.165) is 0 Å². The van der Waals surface area contributed by atoms with Crippen LogP contribution < -0.4 is 0 Å². The lowest BCUT2D eigenvalue weighted by Gasteiger charge is -2.13. The first-order valence-electron chi connectivity index (χ1n) is 3.84. The average molecular weight is 247 g/mol. The summed E-state index contributed by atoms with van der Waals surface area (Å²) in [6, 6.07) is 0. The normalized spacial score (nSPS) is 36.3. The summed E-state index contributed by atoms with van der Waals surface area (Å²) >= 11 is 3.09. The molecule has 0 amide bonds. The Morgan fingerprint density at radius 3 is 3.00 bits per heavy atom. The maximum Gasteiger partial charge on any atom is 0.303 e. The molecule has 0 aromatic rings. The monoisotopic (exact) mass is 246 g/mol. The van der Waals surface area contributed by atoms with E-state index in [1.807, 2.05) is 0 Å². The first kappa shape index (κ1) is 8.90. The molecule has 3 atom stereocenters. The van der Waals surface area contributed by atoms with Gasteiger partial charge in [0.15, 0.2) is 12.2 Å². The van der Waals surface area contributed by atoms with Crippen LogP contribution in [0.1, 0.15) is 6.92 Å². The Bertz CT molecular complexity index is 309. The van der Waals surface area contributed by atoms with Crippen molar-refractivity contribution in [1.29, 1.82) is 0 Å². The van der Waals surface area contributed by atoms with Gasteiger partial charge in [0.05, 0.1) is 4.48 Å². The molecule has 0 aromatic carbocycles. The maximum atomic E-state index is 11.2. The van der Waals surface area contributed by atoms with Crippen LogP contribution >= 0.6 is 15.9 Å². The highest BCUT2D eigenvalue weighted by Gasteiger charge is 2.54. The molecule has 0 saturated carbocycles. The van der Waals surface area contributed by atoms with Gasteiger partial charge in [-0.05, 0) is 22.0 Å². The zero-order valence-corrected chi connectivity index (χ0v) is 8.41. The van der Waals surface area contributed by atoms with E-state index in [9.17, 15) is 9.59 Å². The molecule has 13 heavy (non-hydrogen) atoms. The Hall–Kier alpha value is -0.680. The second kappa shape index (κ2) is 2.92. The van der Waals surface area contributed by atoms with Crippen molar-refractivity contribution in [2.75, 3.05) is 0 Å². The molecule has 0 aromatic heterocycles. The lowest BCUT2D eigenvalue weighted by molar-refractivity contribution is -0.145. The Morgan fingerprint density at radius 1 is 1.69 bits per heavy atom. The summed E-state index contributed by atoms with van der Waals surface area (Å²) in [5.74, 6) is -0.446. The highest BCUT2D eigenvalue weighted by atomic mass is 79.9. The number of halogens is 1. The summed E-state index contributed by atoms with van der Waals surface area (Å²) in [7, 11) is 0. The molecule has 2 aliphatic rings. The molecule has 1 aliphatic heterocycles. The third kappa shape index (κ3) is 1.53. The molecule has 1 aliphatic carbocycles. The number of ether oxygens (including phenoxy) is 2. The van der Waals surface area contributed by atoms with Crippen LogP contribution in [-0.2, 0) is 19.1 Å². The number of carbonyl (C=O) groups excluding carboxylic acids is 2. The molecule has 0 spiro atoms. The third-order valence-corrected chi connectivity index (χ3v) is 2.61. The molecule has 2 rings (SSSR count). The molecular weight excluding hydrogens is 240 g/mol. The summed E-state index contributed by atoms with van der Waals surface area (Å²) in [6.45, 7) is 1.33. The fraction of sp³-hybridized carbons (Fsp3) is 0.500. The van der Waals surface area contributed by atoms with E-state index in [-0.39, 0.29) is 17.9 Å². The molecule has 1 saturated heterocycles. The summed E-state index contributed by atoms with van der Waals surface area (Å²) in [5.41, 5.74) is 0. The van der Waals surface area contributed by atoms with Crippen LogP contribution in [0, 0.1) is 0 Å². The smallest absolute Gasteiger partial charge is 0.303 e. The SMILES string of the molecule is CC(=O)OC1C=C(Br)C(=O)C2OC12. The minimum Gasteiger partial charge on any atom is -0.455 e. The number of ketones is 1. The van der Waals surface area contributed by atoms with Crippen LogP contribution in [0.5, 0.6) is 0 Å². The number of hydrogen-bond donors (Lipinski definition) is 0. The molecule has 5 heteroatoms. The molecule has 1 fully saturated rings. The number of rotatable bonds is 1. The van der Waals surface area contributed by atoms with Gasteiger partial charge in [-0.3, -0.25) is 9.59 Å². The lowest BCUT2D eigenvalue weighted by atomic mass is 10.0. The summed E-state index contributed by atoms with van der Waals surface area (Å²) in [5, 5.41) is 0. The van der Waals surface area contributed by atoms with Crippen molar-refractivity contribution in [2.24, 2.45) is 0 Å². The van der Waals surface area contributed by atoms with Crippen molar-refractivity contribution in [3.05, 3.63) is 10.6 Å². The number of hydrogen-bond acceptors (Lipinski definition) is 4. The lowest BCUT2D eigenvalue weighted by Crippen LogP contribution is -2.29. The van der Waals surface area contributed by atoms with Gasteiger partial charge >= 0.3 is 5.97 Å². The average Bonchev–Trinajstić information content (AvgIpc) is 2.77. The predicted molar refractivity (Wildman–Crippen MR) is 46.2 cm³/mol. The molecule has 3 unspecified atom stereocenters. The highest BCUT2D eigenvalue weighted by molar-refractivity contribution is 9.12. The number of fused-ring (bicyclic) bond motifs is 1. The Kier molecular flexibility index (Phi) is 2.00. The summed E-state index contributed by atoms with van der Waals surface area (Å²) in [6.07, 6.45) is 0.466. The Labute approximate surface area is 83.0 Å². The second-order valence-electron chi connectivity index (χ2n) is 2.97. The van der Waals surface area contributed by atoms with Gasteiger partial charge in [-0.15, -0.1) is 0 Å². The third-order valence-electron chi connectivity index (χ3n) is 1.96. The van der Waals surface area contributed by atoms with Crippen LogP contribution in [0.3, 0.4) is 0 Å². The van der Waals surface area contributed by atoms with Gasteiger partial charge in [-0.1, -0.05) is 0 Å². The second-order valence-corrected chi connectivity index (χ2v) is 3.83. The number of esters is 1. The first-order valence-corrected chi connectivity index (χ1v) is 4.63. The van der Waals surface area contributed by atoms with Crippen LogP contribution in [0.4, 0.5) is 0 Å². The Morgan fingerprint density at radius 2 is 2.38 bits per heavy atom. The van der Waals surface area contributed by atoms with Crippen LogP contribution in [0.25, 0.3) is 0 Å². The summed E-state index contributed by atoms with van der Waals surface area (Å²) in [4.78, 5) is 21.9. The van der Waals surface area contributed by atoms with Crippen molar-refractivity contribution in [3.8, 4) is 0 Å². The molecule has 70 valence electrons. The van der Waals surface area contributed by atoms with Crippen molar-refractivity contribution >= 4 is 27.7 Å². The standard InChI is InChI=1S/C8H7BrO4/c1-3(10)12-5-2-4(9)6(11)8-7(5)13-8/h2,5,7-8H,1H3. The predicted octanol–water partition coefficient (Wildman–Crippen LogP) is 0.547. The van der Waals surface area contributed by atoms with E-state index in [1.54, 1.807) is 6.08 Å². The molecule has 0 bridgehead atoms. The van der Waals surface area contributed by atoms with Gasteiger partial charge in [0, 0.05) is 6.92 Å². The van der Waals surface area contributed by atoms with Gasteiger partial charge in [-0.2, -0.15) is 0 Å². The van der Waals surface area contributed by atoms with Gasteiger partial charge in [0.25, 0.3) is 0 Å². The van der Waals surface area contributed by atoms with Crippen LogP contribution in [0.15, 0.2) is 10.6 Å². The van der Waals surface area contributed by atoms with Crippen LogP contribution in [-0.4, -0.2) is 30.1 Å². The fourth-order valence-electron chi connectivity index (χ4n) is 1.33. The van der Waals surface area contributed by atoms with Crippen molar-refractivity contribution in [2.45, 2.75) is 25.2 Å². The molecule has 0 N–H and O–H groups in total. The van der Waals surface area contributed by atoms with E-state index >= 15 is 0 Å². The first-order chi connectivity index (χ1) is 6.09. The van der Waals surface area contributed by atoms with Gasteiger partial charge in [-0.25, -0.2) is 0 Å². The van der Waals surface area contributed by atoms with E-state index in [0.29, 0.717) is 4.48 Å². The zero-order valence-electron chi connectivity index (χ0n) is 6.82. The van der Waals surface area contributed by atoms with Crippen LogP contribution in [0.2, 0.25) is 0 Å². The molecule has 4 nitrogen and oxygen atoms in total. The molecular formula is C8H7BrO4. The van der Waals surface area contributed by atoms with Gasteiger partial charge in [0.2, 0.25) is 5.78 Å². The van der Waals surface area contributed by atoms with Gasteiger partial charge in [0.1, 0.15) is 6.10 Å².